The number of H-pyrrole nitrogens is 1. The molecule has 0 amide bonds. The maximum absolute atomic E-state index is 14.7. The summed E-state index contributed by atoms with van der Waals surface area (Å²) in [5, 5.41) is 0.817. The van der Waals surface area contributed by atoms with Gasteiger partial charge in [-0.1, -0.05) is 30.3 Å². The minimum Gasteiger partial charge on any atom is -0.358 e. The summed E-state index contributed by atoms with van der Waals surface area (Å²) in [6.07, 6.45) is -0.149. The molecule has 0 bridgehead atoms. The number of ketones is 1. The Morgan fingerprint density at radius 3 is 2.74 bits per heavy atom. The van der Waals surface area contributed by atoms with Gasteiger partial charge in [-0.25, -0.2) is 8.78 Å². The number of aromatic amines is 1. The average molecular weight is 391 g/mol. The quantitative estimate of drug-likeness (QED) is 0.489. The molecule has 3 nitrogen and oxygen atoms in total. The zero-order valence-corrected chi connectivity index (χ0v) is 15.6. The summed E-state index contributed by atoms with van der Waals surface area (Å²) in [4.78, 5) is 17.2. The molecule has 1 aliphatic rings. The van der Waals surface area contributed by atoms with Crippen LogP contribution >= 0.6 is 12.4 Å². The Morgan fingerprint density at radius 1 is 1.19 bits per heavy atom. The molecule has 0 aliphatic carbocycles. The number of halogens is 3. The Bertz CT molecular complexity index is 942. The van der Waals surface area contributed by atoms with E-state index in [1.807, 2.05) is 18.2 Å². The van der Waals surface area contributed by atoms with Crippen molar-refractivity contribution in [1.82, 2.24) is 9.88 Å². The molecule has 0 radical (unpaired) electrons. The number of hydrogen-bond acceptors (Lipinski definition) is 2. The molecule has 142 valence electrons. The van der Waals surface area contributed by atoms with Crippen LogP contribution in [0.1, 0.15) is 34.5 Å². The molecule has 1 N–H and O–H groups in total. The van der Waals surface area contributed by atoms with Crippen molar-refractivity contribution >= 4 is 29.1 Å². The lowest BCUT2D eigenvalue weighted by Crippen LogP contribution is -2.37. The third-order valence-corrected chi connectivity index (χ3v) is 5.07. The van der Waals surface area contributed by atoms with Crippen LogP contribution in [0.4, 0.5) is 8.78 Å². The summed E-state index contributed by atoms with van der Waals surface area (Å²) >= 11 is 0. The fourth-order valence-electron chi connectivity index (χ4n) is 3.65. The van der Waals surface area contributed by atoms with Crippen LogP contribution in [0.25, 0.3) is 10.9 Å². The van der Waals surface area contributed by atoms with Gasteiger partial charge >= 0.3 is 0 Å². The molecule has 1 atom stereocenters. The summed E-state index contributed by atoms with van der Waals surface area (Å²) in [6.45, 7) is 1.02. The Labute approximate surface area is 162 Å². The fourth-order valence-corrected chi connectivity index (χ4v) is 3.65. The lowest BCUT2D eigenvalue weighted by Gasteiger charge is -2.30. The molecular formula is C21H21ClF2N2O. The topological polar surface area (TPSA) is 36.1 Å². The van der Waals surface area contributed by atoms with Gasteiger partial charge in [-0.3, -0.25) is 9.69 Å². The lowest BCUT2D eigenvalue weighted by molar-refractivity contribution is 0.0580. The first-order chi connectivity index (χ1) is 12.6. The monoisotopic (exact) mass is 390 g/mol. The first kappa shape index (κ1) is 19.5. The molecule has 27 heavy (non-hydrogen) atoms. The number of nitrogens with one attached hydrogen (secondary N) is 1. The van der Waals surface area contributed by atoms with Crippen LogP contribution in [0.5, 0.6) is 0 Å². The molecule has 1 aliphatic heterocycles. The zero-order valence-electron chi connectivity index (χ0n) is 14.8. The molecule has 1 aromatic heterocycles. The Kier molecular flexibility index (Phi) is 5.92. The average Bonchev–Trinajstić information content (AvgIpc) is 3.03. The van der Waals surface area contributed by atoms with Crippen LogP contribution in [0.2, 0.25) is 0 Å². The molecule has 6 heteroatoms. The number of fused-ring (bicyclic) bond motifs is 3. The SMILES string of the molecule is Cl.O=C(CCC(F)N1CCc2[nH]c3ccc(F)cc3c2C1)c1ccccc1. The fraction of sp³-hybridized carbons (Fsp3) is 0.286. The molecule has 3 aromatic rings. The number of rotatable bonds is 5. The number of alkyl halides is 1. The second-order valence-corrected chi connectivity index (χ2v) is 6.75. The molecule has 2 aromatic carbocycles. The molecule has 4 rings (SSSR count). The maximum atomic E-state index is 14.7. The predicted molar refractivity (Wildman–Crippen MR) is 105 cm³/mol. The van der Waals surface area contributed by atoms with Crippen LogP contribution in [0, 0.1) is 5.82 Å². The highest BCUT2D eigenvalue weighted by molar-refractivity contribution is 5.96. The van der Waals surface area contributed by atoms with Crippen LogP contribution in [-0.4, -0.2) is 28.5 Å². The highest BCUT2D eigenvalue weighted by Gasteiger charge is 2.26. The summed E-state index contributed by atoms with van der Waals surface area (Å²) < 4.78 is 28.3. The zero-order chi connectivity index (χ0) is 18.1. The van der Waals surface area contributed by atoms with Crippen molar-refractivity contribution < 1.29 is 13.6 Å². The molecule has 0 spiro atoms. The van der Waals surface area contributed by atoms with Gasteiger partial charge in [-0.2, -0.15) is 0 Å². The van der Waals surface area contributed by atoms with Crippen LogP contribution in [0.15, 0.2) is 48.5 Å². The predicted octanol–water partition coefficient (Wildman–Crippen LogP) is 5.05. The van der Waals surface area contributed by atoms with E-state index in [9.17, 15) is 13.6 Å². The van der Waals surface area contributed by atoms with E-state index >= 15 is 0 Å². The van der Waals surface area contributed by atoms with Crippen LogP contribution < -0.4 is 0 Å². The summed E-state index contributed by atoms with van der Waals surface area (Å²) in [5.74, 6) is -0.332. The normalized spacial score (nSPS) is 15.2. The minimum atomic E-state index is -1.19. The van der Waals surface area contributed by atoms with Gasteiger partial charge in [-0.15, -0.1) is 12.4 Å². The minimum absolute atomic E-state index is 0. The van der Waals surface area contributed by atoms with Crippen molar-refractivity contribution in [2.24, 2.45) is 0 Å². The van der Waals surface area contributed by atoms with Gasteiger partial charge in [0.1, 0.15) is 5.82 Å². The van der Waals surface area contributed by atoms with E-state index in [2.05, 4.69) is 4.98 Å². The van der Waals surface area contributed by atoms with E-state index in [4.69, 9.17) is 0 Å². The van der Waals surface area contributed by atoms with Crippen molar-refractivity contribution in [3.8, 4) is 0 Å². The number of nitrogens with zero attached hydrogens (tertiary/aromatic N) is 1. The van der Waals surface area contributed by atoms with E-state index in [1.165, 1.54) is 12.1 Å². The van der Waals surface area contributed by atoms with Crippen molar-refractivity contribution in [3.63, 3.8) is 0 Å². The first-order valence-corrected chi connectivity index (χ1v) is 8.87. The molecule has 0 saturated carbocycles. The highest BCUT2D eigenvalue weighted by atomic mass is 35.5. The third-order valence-electron chi connectivity index (χ3n) is 5.07. The summed E-state index contributed by atoms with van der Waals surface area (Å²) in [6, 6.07) is 13.6. The van der Waals surface area contributed by atoms with Gasteiger partial charge in [0.15, 0.2) is 12.1 Å². The number of benzene rings is 2. The highest BCUT2D eigenvalue weighted by Crippen LogP contribution is 2.30. The Hall–Kier alpha value is -2.24. The second kappa shape index (κ2) is 8.19. The van der Waals surface area contributed by atoms with E-state index in [0.717, 1.165) is 22.2 Å². The standard InChI is InChI=1S/C21H20F2N2O.ClH/c22-15-6-7-18-16(12-15)17-13-25(11-10-19(17)24-18)21(23)9-8-20(26)14-4-2-1-3-5-14;/h1-7,12,21,24H,8-11,13H2;1H. The Morgan fingerprint density at radius 2 is 1.96 bits per heavy atom. The summed E-state index contributed by atoms with van der Waals surface area (Å²) in [7, 11) is 0. The van der Waals surface area contributed by atoms with E-state index in [-0.39, 0.29) is 36.8 Å². The second-order valence-electron chi connectivity index (χ2n) is 6.75. The smallest absolute Gasteiger partial charge is 0.163 e. The van der Waals surface area contributed by atoms with Crippen molar-refractivity contribution in [1.29, 1.82) is 0 Å². The number of carbonyl (C=O) groups is 1. The molecule has 0 saturated heterocycles. The summed E-state index contributed by atoms with van der Waals surface area (Å²) in [5.41, 5.74) is 3.51. The first-order valence-electron chi connectivity index (χ1n) is 8.87. The van der Waals surface area contributed by atoms with Crippen LogP contribution in [0.3, 0.4) is 0 Å². The van der Waals surface area contributed by atoms with Crippen LogP contribution in [-0.2, 0) is 13.0 Å². The van der Waals surface area contributed by atoms with Gasteiger partial charge in [0.05, 0.1) is 0 Å². The lowest BCUT2D eigenvalue weighted by atomic mass is 10.0. The third kappa shape index (κ3) is 4.04. The number of hydrogen-bond donors (Lipinski definition) is 1. The van der Waals surface area contributed by atoms with Gasteiger partial charge < -0.3 is 4.98 Å². The van der Waals surface area contributed by atoms with E-state index < -0.39 is 6.30 Å². The molecule has 0 fully saturated rings. The number of aromatic nitrogens is 1. The molecular weight excluding hydrogens is 370 g/mol. The molecule has 2 heterocycles. The molecule has 1 unspecified atom stereocenters. The van der Waals surface area contributed by atoms with Crippen molar-refractivity contribution in [2.45, 2.75) is 32.1 Å². The van der Waals surface area contributed by atoms with Gasteiger partial charge in [0.25, 0.3) is 0 Å². The maximum Gasteiger partial charge on any atom is 0.163 e. The van der Waals surface area contributed by atoms with E-state index in [1.54, 1.807) is 23.1 Å². The van der Waals surface area contributed by atoms with Gasteiger partial charge in [0.2, 0.25) is 0 Å². The number of Topliss-reactive ketones (excluding diaryl/α,β-unsaturated/α-hetero) is 1. The van der Waals surface area contributed by atoms with Crippen molar-refractivity contribution in [2.75, 3.05) is 6.54 Å². The van der Waals surface area contributed by atoms with Crippen molar-refractivity contribution in [3.05, 3.63) is 71.2 Å². The largest absolute Gasteiger partial charge is 0.358 e. The number of carbonyl (C=O) groups excluding carboxylic acids is 1. The Balaban J connectivity index is 0.00000210. The van der Waals surface area contributed by atoms with Gasteiger partial charge in [0, 0.05) is 48.1 Å². The van der Waals surface area contributed by atoms with E-state index in [0.29, 0.717) is 25.1 Å². The van der Waals surface area contributed by atoms with Gasteiger partial charge in [-0.05, 0) is 30.2 Å².